The van der Waals surface area contributed by atoms with Crippen molar-refractivity contribution in [1.29, 1.82) is 0 Å². The van der Waals surface area contributed by atoms with E-state index in [-0.39, 0.29) is 28.1 Å². The molecule has 0 aromatic carbocycles. The molecule has 3 nitrogen and oxygen atoms in total. The average Bonchev–Trinajstić information content (AvgIpc) is 2.43. The number of rotatable bonds is 9. The van der Waals surface area contributed by atoms with Crippen LogP contribution in [0, 0.1) is 22.2 Å². The third-order valence-corrected chi connectivity index (χ3v) is 5.94. The predicted octanol–water partition coefficient (Wildman–Crippen LogP) is 4.83. The quantitative estimate of drug-likeness (QED) is 0.572. The van der Waals surface area contributed by atoms with E-state index in [2.05, 4.69) is 48.5 Å². The van der Waals surface area contributed by atoms with Gasteiger partial charge in [-0.2, -0.15) is 0 Å². The molecule has 1 heterocycles. The number of carbonyl (C=O) groups is 1. The van der Waals surface area contributed by atoms with Crippen LogP contribution in [0.25, 0.3) is 0 Å². The zero-order valence-corrected chi connectivity index (χ0v) is 15.8. The van der Waals surface area contributed by atoms with Crippen LogP contribution in [-0.2, 0) is 14.3 Å². The van der Waals surface area contributed by atoms with Gasteiger partial charge in [0.25, 0.3) is 0 Å². The normalized spacial score (nSPS) is 19.4. The van der Waals surface area contributed by atoms with Crippen molar-refractivity contribution < 1.29 is 14.3 Å². The Morgan fingerprint density at radius 2 is 1.73 bits per heavy atom. The SMILES string of the molecule is CCC(C)(C)CC(C(=O)OCC1(CC)COC1)C(C)(C)CC. The van der Waals surface area contributed by atoms with Crippen LogP contribution < -0.4 is 0 Å². The average molecular weight is 312 g/mol. The number of carbonyl (C=O) groups excluding carboxylic acids is 1. The molecular weight excluding hydrogens is 276 g/mol. The molecule has 0 N–H and O–H groups in total. The Bertz CT molecular complexity index is 361. The lowest BCUT2D eigenvalue weighted by molar-refractivity contribution is -0.178. The summed E-state index contributed by atoms with van der Waals surface area (Å²) in [6.07, 6.45) is 3.94. The molecule has 1 unspecified atom stereocenters. The van der Waals surface area contributed by atoms with Crippen molar-refractivity contribution in [2.24, 2.45) is 22.2 Å². The fourth-order valence-corrected chi connectivity index (χ4v) is 2.73. The lowest BCUT2D eigenvalue weighted by Crippen LogP contribution is -2.47. The Morgan fingerprint density at radius 3 is 2.09 bits per heavy atom. The summed E-state index contributed by atoms with van der Waals surface area (Å²) in [7, 11) is 0. The highest BCUT2D eigenvalue weighted by atomic mass is 16.5. The van der Waals surface area contributed by atoms with Gasteiger partial charge >= 0.3 is 5.97 Å². The molecule has 130 valence electrons. The monoisotopic (exact) mass is 312 g/mol. The molecule has 0 bridgehead atoms. The minimum absolute atomic E-state index is 0.0203. The second-order valence-corrected chi connectivity index (χ2v) is 8.57. The predicted molar refractivity (Wildman–Crippen MR) is 90.8 cm³/mol. The summed E-state index contributed by atoms with van der Waals surface area (Å²) in [4.78, 5) is 12.8. The number of esters is 1. The molecule has 1 aliphatic heterocycles. The van der Waals surface area contributed by atoms with Gasteiger partial charge in [-0.1, -0.05) is 61.3 Å². The fourth-order valence-electron chi connectivity index (χ4n) is 2.73. The highest BCUT2D eigenvalue weighted by Gasteiger charge is 2.42. The smallest absolute Gasteiger partial charge is 0.309 e. The topological polar surface area (TPSA) is 35.5 Å². The first-order valence-corrected chi connectivity index (χ1v) is 8.86. The fraction of sp³-hybridized carbons (Fsp3) is 0.947. The lowest BCUT2D eigenvalue weighted by atomic mass is 9.68. The van der Waals surface area contributed by atoms with Crippen molar-refractivity contribution in [3.05, 3.63) is 0 Å². The summed E-state index contributed by atoms with van der Waals surface area (Å²) in [6.45, 7) is 17.3. The van der Waals surface area contributed by atoms with Gasteiger partial charge in [-0.25, -0.2) is 0 Å². The van der Waals surface area contributed by atoms with Crippen molar-refractivity contribution in [2.75, 3.05) is 19.8 Å². The van der Waals surface area contributed by atoms with Gasteiger partial charge in [-0.3, -0.25) is 4.79 Å². The van der Waals surface area contributed by atoms with Crippen LogP contribution in [0.1, 0.15) is 74.1 Å². The van der Waals surface area contributed by atoms with E-state index >= 15 is 0 Å². The first-order chi connectivity index (χ1) is 10.1. The van der Waals surface area contributed by atoms with E-state index in [4.69, 9.17) is 9.47 Å². The van der Waals surface area contributed by atoms with Gasteiger partial charge in [0.2, 0.25) is 0 Å². The van der Waals surface area contributed by atoms with Gasteiger partial charge in [0.1, 0.15) is 6.61 Å². The zero-order chi connectivity index (χ0) is 17.0. The van der Waals surface area contributed by atoms with Crippen molar-refractivity contribution in [2.45, 2.75) is 74.1 Å². The largest absolute Gasteiger partial charge is 0.465 e. The van der Waals surface area contributed by atoms with E-state index in [9.17, 15) is 4.79 Å². The lowest BCUT2D eigenvalue weighted by Gasteiger charge is -2.41. The molecule has 0 radical (unpaired) electrons. The maximum absolute atomic E-state index is 12.8. The molecule has 0 aromatic rings. The molecule has 0 amide bonds. The number of ether oxygens (including phenoxy) is 2. The molecule has 0 aromatic heterocycles. The van der Waals surface area contributed by atoms with E-state index in [0.717, 1.165) is 38.9 Å². The van der Waals surface area contributed by atoms with E-state index in [1.165, 1.54) is 0 Å². The Kier molecular flexibility index (Phi) is 6.49. The molecule has 1 saturated heterocycles. The van der Waals surface area contributed by atoms with Gasteiger partial charge in [0, 0.05) is 0 Å². The van der Waals surface area contributed by atoms with Crippen LogP contribution in [0.2, 0.25) is 0 Å². The molecule has 3 heteroatoms. The van der Waals surface area contributed by atoms with Crippen LogP contribution >= 0.6 is 0 Å². The van der Waals surface area contributed by atoms with Crippen LogP contribution in [0.4, 0.5) is 0 Å². The minimum atomic E-state index is -0.0395. The van der Waals surface area contributed by atoms with Gasteiger partial charge < -0.3 is 9.47 Å². The van der Waals surface area contributed by atoms with Crippen LogP contribution in [0.5, 0.6) is 0 Å². The molecule has 0 spiro atoms. The van der Waals surface area contributed by atoms with Gasteiger partial charge in [-0.15, -0.1) is 0 Å². The second kappa shape index (κ2) is 7.33. The maximum Gasteiger partial charge on any atom is 0.309 e. The molecule has 1 fully saturated rings. The summed E-state index contributed by atoms with van der Waals surface area (Å²) in [5.41, 5.74) is 0.202. The van der Waals surface area contributed by atoms with E-state index in [1.807, 2.05) is 0 Å². The first-order valence-electron chi connectivity index (χ1n) is 8.86. The maximum atomic E-state index is 12.8. The molecule has 0 aliphatic carbocycles. The third-order valence-electron chi connectivity index (χ3n) is 5.94. The van der Waals surface area contributed by atoms with Crippen LogP contribution in [0.15, 0.2) is 0 Å². The standard InChI is InChI=1S/C19H36O3/c1-8-17(4,5)11-15(18(6,7)9-2)16(20)22-14-19(10-3)12-21-13-19/h15H,8-14H2,1-7H3. The molecular formula is C19H36O3. The second-order valence-electron chi connectivity index (χ2n) is 8.57. The Morgan fingerprint density at radius 1 is 1.14 bits per heavy atom. The zero-order valence-electron chi connectivity index (χ0n) is 15.8. The van der Waals surface area contributed by atoms with Gasteiger partial charge in [0.15, 0.2) is 0 Å². The molecule has 1 rings (SSSR count). The third kappa shape index (κ3) is 4.71. The highest BCUT2D eigenvalue weighted by molar-refractivity contribution is 5.73. The van der Waals surface area contributed by atoms with E-state index < -0.39 is 0 Å². The summed E-state index contributed by atoms with van der Waals surface area (Å²) in [5.74, 6) is -0.0598. The molecule has 1 atom stereocenters. The van der Waals surface area contributed by atoms with Crippen molar-refractivity contribution in [3.8, 4) is 0 Å². The first kappa shape index (κ1) is 19.5. The van der Waals surface area contributed by atoms with E-state index in [0.29, 0.717) is 6.61 Å². The van der Waals surface area contributed by atoms with Crippen LogP contribution in [-0.4, -0.2) is 25.8 Å². The van der Waals surface area contributed by atoms with E-state index in [1.54, 1.807) is 0 Å². The Labute approximate surface area is 137 Å². The summed E-state index contributed by atoms with van der Waals surface area (Å²) in [5, 5.41) is 0. The van der Waals surface area contributed by atoms with Crippen molar-refractivity contribution >= 4 is 5.97 Å². The Balaban J connectivity index is 2.75. The number of hydrogen-bond donors (Lipinski definition) is 0. The van der Waals surface area contributed by atoms with Gasteiger partial charge in [0.05, 0.1) is 24.5 Å². The van der Waals surface area contributed by atoms with Crippen LogP contribution in [0.3, 0.4) is 0 Å². The summed E-state index contributed by atoms with van der Waals surface area (Å²) in [6, 6.07) is 0. The number of hydrogen-bond acceptors (Lipinski definition) is 3. The molecule has 1 aliphatic rings. The highest BCUT2D eigenvalue weighted by Crippen LogP contribution is 2.41. The molecule has 22 heavy (non-hydrogen) atoms. The summed E-state index contributed by atoms with van der Waals surface area (Å²) < 4.78 is 11.1. The minimum Gasteiger partial charge on any atom is -0.465 e. The van der Waals surface area contributed by atoms with Crippen molar-refractivity contribution in [1.82, 2.24) is 0 Å². The summed E-state index contributed by atoms with van der Waals surface area (Å²) >= 11 is 0. The van der Waals surface area contributed by atoms with Crippen molar-refractivity contribution in [3.63, 3.8) is 0 Å². The molecule has 0 saturated carbocycles. The van der Waals surface area contributed by atoms with Gasteiger partial charge in [-0.05, 0) is 23.7 Å². The Hall–Kier alpha value is -0.570.